The summed E-state index contributed by atoms with van der Waals surface area (Å²) < 4.78 is 11.2. The molecule has 0 N–H and O–H groups in total. The van der Waals surface area contributed by atoms with E-state index >= 15 is 0 Å². The fraction of sp³-hybridized carbons (Fsp3) is 0.611. The molecule has 2 atom stereocenters. The Labute approximate surface area is 138 Å². The quantitative estimate of drug-likeness (QED) is 0.847. The van der Waals surface area contributed by atoms with Crippen molar-refractivity contribution in [1.29, 1.82) is 0 Å². The summed E-state index contributed by atoms with van der Waals surface area (Å²) in [4.78, 5) is 16.5. The van der Waals surface area contributed by atoms with Gasteiger partial charge in [0, 0.05) is 26.1 Å². The van der Waals surface area contributed by atoms with E-state index < -0.39 is 0 Å². The topological polar surface area (TPSA) is 42.0 Å². The molecule has 0 saturated carbocycles. The van der Waals surface area contributed by atoms with Crippen molar-refractivity contribution < 1.29 is 14.3 Å². The number of rotatable bonds is 4. The number of hydrogen-bond acceptors (Lipinski definition) is 4. The molecule has 1 amide bonds. The van der Waals surface area contributed by atoms with Crippen LogP contribution in [0.5, 0.6) is 5.75 Å². The van der Waals surface area contributed by atoms with Gasteiger partial charge in [0.15, 0.2) is 0 Å². The van der Waals surface area contributed by atoms with Gasteiger partial charge in [-0.05, 0) is 38.1 Å². The largest absolute Gasteiger partial charge is 0.493 e. The first-order chi connectivity index (χ1) is 11.0. The molecule has 23 heavy (non-hydrogen) atoms. The summed E-state index contributed by atoms with van der Waals surface area (Å²) in [7, 11) is 1.99. The summed E-state index contributed by atoms with van der Waals surface area (Å²) in [5.41, 5.74) is 2.51. The highest BCUT2D eigenvalue weighted by atomic mass is 16.5. The number of carbonyl (C=O) groups excluding carboxylic acids is 1. The molecule has 5 heteroatoms. The number of benzene rings is 1. The summed E-state index contributed by atoms with van der Waals surface area (Å²) >= 11 is 0. The number of nitrogens with zero attached hydrogens (tertiary/aromatic N) is 2. The maximum absolute atomic E-state index is 12.5. The summed E-state index contributed by atoms with van der Waals surface area (Å²) in [6, 6.07) is 6.32. The van der Waals surface area contributed by atoms with Gasteiger partial charge in [0.05, 0.1) is 25.4 Å². The first kappa shape index (κ1) is 16.3. The van der Waals surface area contributed by atoms with Crippen LogP contribution in [0.25, 0.3) is 0 Å². The fourth-order valence-electron chi connectivity index (χ4n) is 3.42. The first-order valence-corrected chi connectivity index (χ1v) is 8.37. The van der Waals surface area contributed by atoms with Crippen molar-refractivity contribution in [2.75, 3.05) is 33.3 Å². The normalized spacial score (nSPS) is 23.7. The van der Waals surface area contributed by atoms with E-state index in [1.807, 2.05) is 31.9 Å². The molecule has 0 aliphatic carbocycles. The zero-order valence-electron chi connectivity index (χ0n) is 14.2. The lowest BCUT2D eigenvalue weighted by Crippen LogP contribution is -2.50. The minimum absolute atomic E-state index is 0.115. The Balaban J connectivity index is 1.54. The maximum atomic E-state index is 12.5. The minimum Gasteiger partial charge on any atom is -0.493 e. The molecule has 2 aliphatic rings. The highest BCUT2D eigenvalue weighted by Crippen LogP contribution is 2.26. The number of likely N-dealkylation sites (N-methyl/N-ethyl adjacent to an activating group) is 1. The molecule has 2 heterocycles. The van der Waals surface area contributed by atoms with Crippen LogP contribution in [0.3, 0.4) is 0 Å². The summed E-state index contributed by atoms with van der Waals surface area (Å²) in [5, 5.41) is 0. The Kier molecular flexibility index (Phi) is 4.87. The molecule has 2 unspecified atom stereocenters. The predicted molar refractivity (Wildman–Crippen MR) is 88.6 cm³/mol. The van der Waals surface area contributed by atoms with E-state index in [0.29, 0.717) is 19.6 Å². The van der Waals surface area contributed by atoms with E-state index in [9.17, 15) is 4.79 Å². The molecule has 1 saturated heterocycles. The summed E-state index contributed by atoms with van der Waals surface area (Å²) in [5.74, 6) is 1.18. The van der Waals surface area contributed by atoms with Gasteiger partial charge >= 0.3 is 0 Å². The lowest BCUT2D eigenvalue weighted by atomic mass is 10.1. The molecule has 1 fully saturated rings. The highest BCUT2D eigenvalue weighted by Gasteiger charge is 2.26. The third kappa shape index (κ3) is 4.03. The number of fused-ring (bicyclic) bond motifs is 1. The zero-order chi connectivity index (χ0) is 16.4. The van der Waals surface area contributed by atoms with E-state index in [2.05, 4.69) is 17.0 Å². The second kappa shape index (κ2) is 6.89. The Hall–Kier alpha value is -1.59. The summed E-state index contributed by atoms with van der Waals surface area (Å²) in [6.07, 6.45) is 1.21. The van der Waals surface area contributed by atoms with Crippen molar-refractivity contribution in [2.45, 2.75) is 39.0 Å². The molecule has 2 aliphatic heterocycles. The second-order valence-electron chi connectivity index (χ2n) is 6.77. The molecule has 1 aromatic rings. The molecule has 126 valence electrons. The van der Waals surface area contributed by atoms with Crippen LogP contribution in [0.15, 0.2) is 18.2 Å². The van der Waals surface area contributed by atoms with Gasteiger partial charge in [0.1, 0.15) is 5.75 Å². The van der Waals surface area contributed by atoms with Crippen molar-refractivity contribution in [3.8, 4) is 5.75 Å². The summed E-state index contributed by atoms with van der Waals surface area (Å²) in [6.45, 7) is 7.40. The molecule has 3 rings (SSSR count). The van der Waals surface area contributed by atoms with Crippen molar-refractivity contribution in [3.05, 3.63) is 29.3 Å². The second-order valence-corrected chi connectivity index (χ2v) is 6.77. The van der Waals surface area contributed by atoms with Crippen molar-refractivity contribution >= 4 is 5.91 Å². The first-order valence-electron chi connectivity index (χ1n) is 8.37. The zero-order valence-corrected chi connectivity index (χ0v) is 14.2. The van der Waals surface area contributed by atoms with Gasteiger partial charge in [0.2, 0.25) is 5.91 Å². The Morgan fingerprint density at radius 3 is 2.78 bits per heavy atom. The standard InChI is InChI=1S/C18H26N2O3/c1-13-9-20(10-14(2)23-13)18(21)12-19(3)11-15-4-5-17-16(8-15)6-7-22-17/h4-5,8,13-14H,6-7,9-12H2,1-3H3. The van der Waals surface area contributed by atoms with Crippen molar-refractivity contribution in [2.24, 2.45) is 0 Å². The third-order valence-electron chi connectivity index (χ3n) is 4.38. The molecule has 5 nitrogen and oxygen atoms in total. The van der Waals surface area contributed by atoms with E-state index in [0.717, 1.165) is 25.3 Å². The molecule has 0 radical (unpaired) electrons. The SMILES string of the molecule is CC1CN(C(=O)CN(C)Cc2ccc3c(c2)CCO3)CC(C)O1. The lowest BCUT2D eigenvalue weighted by Gasteiger charge is -2.36. The predicted octanol–water partition coefficient (Wildman–Crippen LogP) is 1.69. The van der Waals surface area contributed by atoms with Gasteiger partial charge in [-0.2, -0.15) is 0 Å². The Morgan fingerprint density at radius 1 is 1.30 bits per heavy atom. The average molecular weight is 318 g/mol. The van der Waals surface area contributed by atoms with E-state index in [1.165, 1.54) is 11.1 Å². The van der Waals surface area contributed by atoms with Crippen molar-refractivity contribution in [3.63, 3.8) is 0 Å². The average Bonchev–Trinajstić information content (AvgIpc) is 2.93. The number of carbonyl (C=O) groups is 1. The van der Waals surface area contributed by atoms with E-state index in [-0.39, 0.29) is 18.1 Å². The van der Waals surface area contributed by atoms with Crippen LogP contribution in [0, 0.1) is 0 Å². The number of ether oxygens (including phenoxy) is 2. The monoisotopic (exact) mass is 318 g/mol. The van der Waals surface area contributed by atoms with Crippen LogP contribution in [-0.4, -0.2) is 61.2 Å². The van der Waals surface area contributed by atoms with Gasteiger partial charge < -0.3 is 14.4 Å². The van der Waals surface area contributed by atoms with Crippen LogP contribution < -0.4 is 4.74 Å². The number of hydrogen-bond donors (Lipinski definition) is 0. The minimum atomic E-state index is 0.115. The van der Waals surface area contributed by atoms with Gasteiger partial charge in [-0.25, -0.2) is 0 Å². The number of amides is 1. The van der Waals surface area contributed by atoms with Crippen LogP contribution >= 0.6 is 0 Å². The third-order valence-corrected chi connectivity index (χ3v) is 4.38. The van der Waals surface area contributed by atoms with Crippen LogP contribution in [0.4, 0.5) is 0 Å². The van der Waals surface area contributed by atoms with Crippen LogP contribution in [-0.2, 0) is 22.5 Å². The maximum Gasteiger partial charge on any atom is 0.236 e. The van der Waals surface area contributed by atoms with Gasteiger partial charge in [0.25, 0.3) is 0 Å². The van der Waals surface area contributed by atoms with Crippen LogP contribution in [0.2, 0.25) is 0 Å². The lowest BCUT2D eigenvalue weighted by molar-refractivity contribution is -0.144. The van der Waals surface area contributed by atoms with Crippen LogP contribution in [0.1, 0.15) is 25.0 Å². The van der Waals surface area contributed by atoms with E-state index in [1.54, 1.807) is 0 Å². The molecule has 1 aromatic carbocycles. The molecule has 0 bridgehead atoms. The fourth-order valence-corrected chi connectivity index (χ4v) is 3.42. The van der Waals surface area contributed by atoms with Gasteiger partial charge in [-0.1, -0.05) is 12.1 Å². The van der Waals surface area contributed by atoms with Gasteiger partial charge in [-0.15, -0.1) is 0 Å². The smallest absolute Gasteiger partial charge is 0.236 e. The molecular formula is C18H26N2O3. The molecule has 0 aromatic heterocycles. The highest BCUT2D eigenvalue weighted by molar-refractivity contribution is 5.78. The Bertz CT molecular complexity index is 565. The Morgan fingerprint density at radius 2 is 2.04 bits per heavy atom. The van der Waals surface area contributed by atoms with Crippen molar-refractivity contribution in [1.82, 2.24) is 9.80 Å². The van der Waals surface area contributed by atoms with E-state index in [4.69, 9.17) is 9.47 Å². The molecule has 0 spiro atoms. The molecular weight excluding hydrogens is 292 g/mol. The van der Waals surface area contributed by atoms with Gasteiger partial charge in [-0.3, -0.25) is 9.69 Å². The number of morpholine rings is 1.